The van der Waals surface area contributed by atoms with Crippen LogP contribution in [0.25, 0.3) is 0 Å². The number of hydrogen-bond acceptors (Lipinski definition) is 6. The van der Waals surface area contributed by atoms with Gasteiger partial charge in [0.1, 0.15) is 11.9 Å². The van der Waals surface area contributed by atoms with Crippen LogP contribution in [-0.4, -0.2) is 24.5 Å². The zero-order valence-corrected chi connectivity index (χ0v) is 16.4. The predicted molar refractivity (Wildman–Crippen MR) is 96.8 cm³/mol. The van der Waals surface area contributed by atoms with Crippen LogP contribution in [0.15, 0.2) is 33.9 Å². The number of aromatic nitrogens is 2. The Labute approximate surface area is 158 Å². The van der Waals surface area contributed by atoms with Gasteiger partial charge in [-0.15, -0.1) is 5.10 Å². The molecule has 0 spiro atoms. The van der Waals surface area contributed by atoms with Crippen molar-refractivity contribution >= 4 is 15.7 Å². The minimum Gasteiger partial charge on any atom is -0.410 e. The fourth-order valence-electron chi connectivity index (χ4n) is 2.45. The smallest absolute Gasteiger partial charge is 0.335 e. The molecule has 7 nitrogen and oxygen atoms in total. The minimum atomic E-state index is -4.01. The van der Waals surface area contributed by atoms with Crippen LogP contribution < -0.4 is 5.32 Å². The molecule has 0 radical (unpaired) electrons. The zero-order chi connectivity index (χ0) is 20.0. The van der Waals surface area contributed by atoms with E-state index in [9.17, 15) is 17.6 Å². The lowest BCUT2D eigenvalue weighted by Gasteiger charge is -2.18. The highest BCUT2D eigenvalue weighted by atomic mass is 32.2. The van der Waals surface area contributed by atoms with Gasteiger partial charge in [0.15, 0.2) is 0 Å². The molecule has 0 aliphatic heterocycles. The van der Waals surface area contributed by atoms with E-state index in [0.29, 0.717) is 6.42 Å². The molecule has 2 rings (SSSR count). The summed E-state index contributed by atoms with van der Waals surface area (Å²) in [5.41, 5.74) is 0.0190. The van der Waals surface area contributed by atoms with Crippen LogP contribution in [0.2, 0.25) is 0 Å². The fourth-order valence-corrected chi connectivity index (χ4v) is 3.59. The van der Waals surface area contributed by atoms with Gasteiger partial charge in [0, 0.05) is 12.0 Å². The Bertz CT molecular complexity index is 880. The number of nitrogens with zero attached hydrogens (tertiary/aromatic N) is 2. The van der Waals surface area contributed by atoms with E-state index in [2.05, 4.69) is 15.5 Å². The van der Waals surface area contributed by atoms with Gasteiger partial charge < -0.3 is 9.73 Å². The number of amides is 1. The molecule has 148 valence electrons. The summed E-state index contributed by atoms with van der Waals surface area (Å²) in [6, 6.07) is 5.00. The molecule has 0 bridgehead atoms. The predicted octanol–water partition coefficient (Wildman–Crippen LogP) is 3.19. The number of carbonyl (C=O) groups is 1. The second kappa shape index (κ2) is 9.07. The van der Waals surface area contributed by atoms with Crippen LogP contribution in [0.5, 0.6) is 0 Å². The van der Waals surface area contributed by atoms with E-state index in [0.717, 1.165) is 12.8 Å². The summed E-state index contributed by atoms with van der Waals surface area (Å²) in [5, 5.41) is 9.62. The van der Waals surface area contributed by atoms with Crippen molar-refractivity contribution in [3.05, 3.63) is 41.5 Å². The molecular formula is C18H24FN3O4S. The van der Waals surface area contributed by atoms with Gasteiger partial charge in [-0.05, 0) is 18.4 Å². The lowest BCUT2D eigenvalue weighted by Crippen LogP contribution is -2.31. The molecule has 1 N–H and O–H groups in total. The van der Waals surface area contributed by atoms with E-state index >= 15 is 0 Å². The lowest BCUT2D eigenvalue weighted by molar-refractivity contribution is -0.122. The SMILES string of the molecule is CCCCC(=O)N[C@H](c1nnc(S(=O)(=O)Cc2ccccc2F)o1)C(C)C. The lowest BCUT2D eigenvalue weighted by atomic mass is 10.0. The van der Waals surface area contributed by atoms with Crippen molar-refractivity contribution in [3.8, 4) is 0 Å². The number of sulfone groups is 1. The van der Waals surface area contributed by atoms with Gasteiger partial charge in [-0.2, -0.15) is 0 Å². The van der Waals surface area contributed by atoms with Gasteiger partial charge in [0.25, 0.3) is 0 Å². The molecule has 0 unspecified atom stereocenters. The number of halogens is 1. The van der Waals surface area contributed by atoms with Crippen molar-refractivity contribution < 1.29 is 22.0 Å². The number of hydrogen-bond donors (Lipinski definition) is 1. The largest absolute Gasteiger partial charge is 0.410 e. The van der Waals surface area contributed by atoms with Gasteiger partial charge in [-0.25, -0.2) is 12.8 Å². The van der Waals surface area contributed by atoms with E-state index in [4.69, 9.17) is 4.42 Å². The van der Waals surface area contributed by atoms with E-state index < -0.39 is 32.7 Å². The first kappa shape index (κ1) is 21.0. The van der Waals surface area contributed by atoms with Crippen molar-refractivity contribution in [1.82, 2.24) is 15.5 Å². The summed E-state index contributed by atoms with van der Waals surface area (Å²) in [4.78, 5) is 12.0. The molecule has 2 aromatic rings. The third-order valence-corrected chi connectivity index (χ3v) is 5.39. The van der Waals surface area contributed by atoms with Gasteiger partial charge in [-0.3, -0.25) is 4.79 Å². The number of carbonyl (C=O) groups excluding carboxylic acids is 1. The van der Waals surface area contributed by atoms with Gasteiger partial charge >= 0.3 is 5.22 Å². The van der Waals surface area contributed by atoms with E-state index in [1.807, 2.05) is 20.8 Å². The maximum Gasteiger partial charge on any atom is 0.335 e. The topological polar surface area (TPSA) is 102 Å². The molecule has 0 aliphatic carbocycles. The Morgan fingerprint density at radius 2 is 1.96 bits per heavy atom. The Hall–Kier alpha value is -2.29. The Balaban J connectivity index is 2.19. The molecule has 1 atom stereocenters. The molecule has 1 amide bonds. The van der Waals surface area contributed by atoms with Crippen LogP contribution in [0.3, 0.4) is 0 Å². The highest BCUT2D eigenvalue weighted by Gasteiger charge is 2.29. The first-order chi connectivity index (χ1) is 12.7. The molecule has 1 aromatic carbocycles. The second-order valence-electron chi connectivity index (χ2n) is 6.65. The standard InChI is InChI=1S/C18H24FN3O4S/c1-4-5-10-15(23)20-16(12(2)3)17-21-22-18(26-17)27(24,25)11-13-8-6-7-9-14(13)19/h6-9,12,16H,4-5,10-11H2,1-3H3,(H,20,23)/t16-/m0/s1. The number of rotatable bonds is 9. The monoisotopic (exact) mass is 397 g/mol. The number of benzene rings is 1. The molecule has 1 aromatic heterocycles. The summed E-state index contributed by atoms with van der Waals surface area (Å²) < 4.78 is 44.0. The molecule has 0 saturated heterocycles. The number of nitrogens with one attached hydrogen (secondary N) is 1. The maximum absolute atomic E-state index is 13.7. The van der Waals surface area contributed by atoms with Crippen molar-refractivity contribution in [2.24, 2.45) is 5.92 Å². The number of unbranched alkanes of at least 4 members (excludes halogenated alkanes) is 1. The van der Waals surface area contributed by atoms with Crippen LogP contribution in [-0.2, 0) is 20.4 Å². The Morgan fingerprint density at radius 3 is 2.59 bits per heavy atom. The summed E-state index contributed by atoms with van der Waals surface area (Å²) in [5.74, 6) is -1.44. The van der Waals surface area contributed by atoms with Crippen molar-refractivity contribution in [2.75, 3.05) is 0 Å². The fraction of sp³-hybridized carbons (Fsp3) is 0.500. The third-order valence-electron chi connectivity index (χ3n) is 4.00. The third kappa shape index (κ3) is 5.59. The Kier molecular flexibility index (Phi) is 7.06. The summed E-state index contributed by atoms with van der Waals surface area (Å²) in [7, 11) is -4.01. The average molecular weight is 397 g/mol. The highest BCUT2D eigenvalue weighted by molar-refractivity contribution is 7.90. The second-order valence-corrected chi connectivity index (χ2v) is 8.52. The summed E-state index contributed by atoms with van der Waals surface area (Å²) in [6.45, 7) is 5.68. The van der Waals surface area contributed by atoms with Crippen molar-refractivity contribution in [1.29, 1.82) is 0 Å². The first-order valence-corrected chi connectivity index (χ1v) is 10.5. The summed E-state index contributed by atoms with van der Waals surface area (Å²) in [6.07, 6.45) is 2.01. The van der Waals surface area contributed by atoms with E-state index in [-0.39, 0.29) is 23.3 Å². The molecule has 0 fully saturated rings. The molecule has 27 heavy (non-hydrogen) atoms. The molecule has 0 aliphatic rings. The quantitative estimate of drug-likeness (QED) is 0.697. The van der Waals surface area contributed by atoms with Gasteiger partial charge in [0.05, 0.1) is 5.75 Å². The van der Waals surface area contributed by atoms with Crippen molar-refractivity contribution in [2.45, 2.75) is 57.1 Å². The normalized spacial score (nSPS) is 12.9. The van der Waals surface area contributed by atoms with Gasteiger partial charge in [-0.1, -0.05) is 50.5 Å². The zero-order valence-electron chi connectivity index (χ0n) is 15.6. The van der Waals surface area contributed by atoms with E-state index in [1.165, 1.54) is 18.2 Å². The average Bonchev–Trinajstić information content (AvgIpc) is 3.10. The molecule has 1 heterocycles. The molecule has 9 heteroatoms. The minimum absolute atomic E-state index is 0.0157. The Morgan fingerprint density at radius 1 is 1.26 bits per heavy atom. The highest BCUT2D eigenvalue weighted by Crippen LogP contribution is 2.24. The van der Waals surface area contributed by atoms with Crippen LogP contribution >= 0.6 is 0 Å². The van der Waals surface area contributed by atoms with E-state index in [1.54, 1.807) is 6.07 Å². The van der Waals surface area contributed by atoms with Crippen LogP contribution in [0.4, 0.5) is 4.39 Å². The van der Waals surface area contributed by atoms with Crippen molar-refractivity contribution in [3.63, 3.8) is 0 Å². The van der Waals surface area contributed by atoms with Crippen LogP contribution in [0.1, 0.15) is 57.5 Å². The van der Waals surface area contributed by atoms with Gasteiger partial charge in [0.2, 0.25) is 21.6 Å². The molecular weight excluding hydrogens is 373 g/mol. The first-order valence-electron chi connectivity index (χ1n) is 8.83. The maximum atomic E-state index is 13.7. The van der Waals surface area contributed by atoms with Crippen LogP contribution in [0, 0.1) is 11.7 Å². The summed E-state index contributed by atoms with van der Waals surface area (Å²) >= 11 is 0. The molecule has 0 saturated carbocycles.